The summed E-state index contributed by atoms with van der Waals surface area (Å²) in [6.07, 6.45) is 0.768. The fourth-order valence-electron chi connectivity index (χ4n) is 2.84. The third-order valence-electron chi connectivity index (χ3n) is 4.20. The zero-order valence-electron chi connectivity index (χ0n) is 13.6. The van der Waals surface area contributed by atoms with E-state index in [1.807, 2.05) is 24.3 Å². The van der Waals surface area contributed by atoms with Gasteiger partial charge < -0.3 is 4.90 Å². The molecule has 0 spiro atoms. The highest BCUT2D eigenvalue weighted by Crippen LogP contribution is 2.18. The largest absolute Gasteiger partial charge is 0.337 e. The summed E-state index contributed by atoms with van der Waals surface area (Å²) in [5.74, 6) is -0.963. The molecule has 2 aromatic rings. The minimum Gasteiger partial charge on any atom is -0.337 e. The van der Waals surface area contributed by atoms with E-state index in [-0.39, 0.29) is 18.2 Å². The molecule has 132 valence electrons. The van der Waals surface area contributed by atoms with E-state index in [9.17, 15) is 17.6 Å². The second-order valence-corrected chi connectivity index (χ2v) is 7.85. The van der Waals surface area contributed by atoms with Gasteiger partial charge in [0, 0.05) is 13.1 Å². The maximum atomic E-state index is 12.9. The van der Waals surface area contributed by atoms with Gasteiger partial charge in [0.1, 0.15) is 5.82 Å². The summed E-state index contributed by atoms with van der Waals surface area (Å²) in [5.41, 5.74) is 2.79. The number of fused-ring (bicyclic) bond motifs is 1. The average molecular weight is 362 g/mol. The third-order valence-corrected chi connectivity index (χ3v) is 5.49. The van der Waals surface area contributed by atoms with Crippen LogP contribution in [0.2, 0.25) is 0 Å². The third kappa shape index (κ3) is 4.64. The van der Waals surface area contributed by atoms with Gasteiger partial charge in [-0.3, -0.25) is 4.79 Å². The van der Waals surface area contributed by atoms with Crippen LogP contribution >= 0.6 is 0 Å². The summed E-state index contributed by atoms with van der Waals surface area (Å²) < 4.78 is 39.4. The van der Waals surface area contributed by atoms with Crippen molar-refractivity contribution in [3.8, 4) is 0 Å². The Bertz CT molecular complexity index is 866. The molecule has 1 N–H and O–H groups in total. The van der Waals surface area contributed by atoms with Crippen molar-refractivity contribution in [1.29, 1.82) is 0 Å². The van der Waals surface area contributed by atoms with E-state index >= 15 is 0 Å². The van der Waals surface area contributed by atoms with Crippen molar-refractivity contribution in [2.75, 3.05) is 13.1 Å². The van der Waals surface area contributed by atoms with Gasteiger partial charge >= 0.3 is 0 Å². The summed E-state index contributed by atoms with van der Waals surface area (Å²) in [6, 6.07) is 13.2. The molecular weight excluding hydrogens is 343 g/mol. The fraction of sp³-hybridized carbons (Fsp3) is 0.278. The van der Waals surface area contributed by atoms with Crippen molar-refractivity contribution < 1.29 is 17.6 Å². The summed E-state index contributed by atoms with van der Waals surface area (Å²) in [6.45, 7) is 0.802. The molecule has 1 aliphatic heterocycles. The van der Waals surface area contributed by atoms with Gasteiger partial charge in [-0.25, -0.2) is 17.5 Å². The predicted octanol–water partition coefficient (Wildman–Crippen LogP) is 1.83. The lowest BCUT2D eigenvalue weighted by atomic mass is 10.00. The van der Waals surface area contributed by atoms with Gasteiger partial charge in [0.25, 0.3) is 0 Å². The second-order valence-electron chi connectivity index (χ2n) is 6.04. The molecular formula is C18H19FN2O3S. The van der Waals surface area contributed by atoms with Crippen LogP contribution in [-0.2, 0) is 33.5 Å². The predicted molar refractivity (Wildman–Crippen MR) is 92.6 cm³/mol. The number of hydrogen-bond donors (Lipinski definition) is 1. The summed E-state index contributed by atoms with van der Waals surface area (Å²) in [5, 5.41) is 0. The van der Waals surface area contributed by atoms with E-state index in [4.69, 9.17) is 0 Å². The SMILES string of the molecule is O=C(CNS(=O)(=O)Cc1ccc(F)cc1)N1CCc2ccccc2C1. The number of hydrogen-bond acceptors (Lipinski definition) is 3. The van der Waals surface area contributed by atoms with E-state index in [0.29, 0.717) is 18.7 Å². The molecule has 0 bridgehead atoms. The number of nitrogens with zero attached hydrogens (tertiary/aromatic N) is 1. The first-order valence-electron chi connectivity index (χ1n) is 7.99. The summed E-state index contributed by atoms with van der Waals surface area (Å²) in [4.78, 5) is 14.0. The number of carbonyl (C=O) groups is 1. The number of rotatable bonds is 5. The Balaban J connectivity index is 1.56. The monoisotopic (exact) mass is 362 g/mol. The molecule has 0 unspecified atom stereocenters. The Morgan fingerprint density at radius 2 is 1.76 bits per heavy atom. The second kappa shape index (κ2) is 7.33. The Morgan fingerprint density at radius 3 is 2.48 bits per heavy atom. The van der Waals surface area contributed by atoms with Gasteiger partial charge in [0.2, 0.25) is 15.9 Å². The number of sulfonamides is 1. The topological polar surface area (TPSA) is 66.5 Å². The van der Waals surface area contributed by atoms with E-state index in [1.54, 1.807) is 4.90 Å². The van der Waals surface area contributed by atoms with Crippen molar-refractivity contribution in [1.82, 2.24) is 9.62 Å². The molecule has 0 aliphatic carbocycles. The van der Waals surface area contributed by atoms with Crippen LogP contribution in [0.25, 0.3) is 0 Å². The van der Waals surface area contributed by atoms with Gasteiger partial charge in [-0.2, -0.15) is 0 Å². The van der Waals surface area contributed by atoms with Gasteiger partial charge in [0.15, 0.2) is 0 Å². The van der Waals surface area contributed by atoms with Crippen LogP contribution in [0.15, 0.2) is 48.5 Å². The van der Waals surface area contributed by atoms with Crippen molar-refractivity contribution >= 4 is 15.9 Å². The molecule has 0 radical (unpaired) electrons. The van der Waals surface area contributed by atoms with Gasteiger partial charge in [0.05, 0.1) is 12.3 Å². The maximum Gasteiger partial charge on any atom is 0.237 e. The van der Waals surface area contributed by atoms with Gasteiger partial charge in [-0.1, -0.05) is 36.4 Å². The van der Waals surface area contributed by atoms with Crippen LogP contribution < -0.4 is 4.72 Å². The lowest BCUT2D eigenvalue weighted by Gasteiger charge is -2.29. The van der Waals surface area contributed by atoms with Crippen molar-refractivity contribution in [2.24, 2.45) is 0 Å². The molecule has 0 saturated carbocycles. The number of nitrogens with one attached hydrogen (secondary N) is 1. The lowest BCUT2D eigenvalue weighted by molar-refractivity contribution is -0.130. The van der Waals surface area contributed by atoms with Crippen molar-refractivity contribution in [3.63, 3.8) is 0 Å². The molecule has 1 aliphatic rings. The molecule has 2 aromatic carbocycles. The van der Waals surface area contributed by atoms with Crippen LogP contribution in [-0.4, -0.2) is 32.3 Å². The van der Waals surface area contributed by atoms with Gasteiger partial charge in [-0.15, -0.1) is 0 Å². The fourth-order valence-corrected chi connectivity index (χ4v) is 3.92. The Labute approximate surface area is 146 Å². The normalized spacial score (nSPS) is 14.2. The number of halogens is 1. The Hall–Kier alpha value is -2.25. The summed E-state index contributed by atoms with van der Waals surface area (Å²) >= 11 is 0. The van der Waals surface area contributed by atoms with E-state index in [1.165, 1.54) is 29.8 Å². The molecule has 25 heavy (non-hydrogen) atoms. The molecule has 1 amide bonds. The number of amides is 1. The Morgan fingerprint density at radius 1 is 1.08 bits per heavy atom. The minimum atomic E-state index is -3.66. The highest BCUT2D eigenvalue weighted by molar-refractivity contribution is 7.88. The molecule has 0 atom stereocenters. The highest BCUT2D eigenvalue weighted by Gasteiger charge is 2.22. The van der Waals surface area contributed by atoms with Crippen molar-refractivity contribution in [2.45, 2.75) is 18.7 Å². The van der Waals surface area contributed by atoms with Gasteiger partial charge in [-0.05, 0) is 35.2 Å². The zero-order chi connectivity index (χ0) is 17.9. The highest BCUT2D eigenvalue weighted by atomic mass is 32.2. The molecule has 3 rings (SSSR count). The first kappa shape index (κ1) is 17.6. The average Bonchev–Trinajstić information content (AvgIpc) is 2.61. The molecule has 7 heteroatoms. The van der Waals surface area contributed by atoms with Crippen molar-refractivity contribution in [3.05, 3.63) is 71.0 Å². The van der Waals surface area contributed by atoms with Crippen LogP contribution in [0.3, 0.4) is 0 Å². The standard InChI is InChI=1S/C18H19FN2O3S/c19-17-7-5-14(6-8-17)13-25(23,24)20-11-18(22)21-10-9-15-3-1-2-4-16(15)12-21/h1-8,20H,9-13H2. The lowest BCUT2D eigenvalue weighted by Crippen LogP contribution is -2.42. The van der Waals surface area contributed by atoms with E-state index in [2.05, 4.69) is 4.72 Å². The molecule has 0 fully saturated rings. The smallest absolute Gasteiger partial charge is 0.237 e. The molecule has 5 nitrogen and oxygen atoms in total. The first-order chi connectivity index (χ1) is 11.9. The number of benzene rings is 2. The quantitative estimate of drug-likeness (QED) is 0.882. The van der Waals surface area contributed by atoms with Crippen LogP contribution in [0.4, 0.5) is 4.39 Å². The van der Waals surface area contributed by atoms with Crippen LogP contribution in [0, 0.1) is 5.82 Å². The summed E-state index contributed by atoms with van der Waals surface area (Å²) in [7, 11) is -3.66. The molecule has 0 saturated heterocycles. The van der Waals surface area contributed by atoms with Crippen LogP contribution in [0.5, 0.6) is 0 Å². The Kier molecular flexibility index (Phi) is 5.15. The van der Waals surface area contributed by atoms with E-state index < -0.39 is 15.8 Å². The van der Waals surface area contributed by atoms with Crippen LogP contribution in [0.1, 0.15) is 16.7 Å². The first-order valence-corrected chi connectivity index (χ1v) is 9.64. The molecule has 1 heterocycles. The zero-order valence-corrected chi connectivity index (χ0v) is 14.4. The number of carbonyl (C=O) groups excluding carboxylic acids is 1. The molecule has 0 aromatic heterocycles. The minimum absolute atomic E-state index is 0.253. The van der Waals surface area contributed by atoms with E-state index in [0.717, 1.165) is 12.0 Å². The maximum absolute atomic E-state index is 12.9.